The largest absolute Gasteiger partial charge is 0.472 e. The molecular formula is C16H17NO4S3. The van der Waals surface area contributed by atoms with Gasteiger partial charge in [0.1, 0.15) is 9.81 Å². The second-order valence-electron chi connectivity index (χ2n) is 5.25. The van der Waals surface area contributed by atoms with Gasteiger partial charge < -0.3 is 9.52 Å². The Balaban J connectivity index is 1.87. The molecule has 128 valence electrons. The lowest BCUT2D eigenvalue weighted by atomic mass is 9.95. The van der Waals surface area contributed by atoms with Crippen LogP contribution in [0.15, 0.2) is 56.9 Å². The maximum absolute atomic E-state index is 12.5. The Morgan fingerprint density at radius 2 is 2.12 bits per heavy atom. The number of furan rings is 1. The summed E-state index contributed by atoms with van der Waals surface area (Å²) < 4.78 is 32.9. The standard InChI is InChI=1S/C16H17NO4S3/c1-2-13-5-6-15(23-13)24(19,20)17-11-16(18,12-7-8-21-10-12)14-4-3-9-22-14/h3-10,17-18H,2,11H2,1H3/t16-/m0/s1. The van der Waals surface area contributed by atoms with Crippen LogP contribution in [-0.4, -0.2) is 20.1 Å². The molecule has 0 aliphatic rings. The van der Waals surface area contributed by atoms with Crippen LogP contribution in [-0.2, 0) is 22.0 Å². The normalized spacial score (nSPS) is 14.6. The summed E-state index contributed by atoms with van der Waals surface area (Å²) in [5.74, 6) is 0. The van der Waals surface area contributed by atoms with Gasteiger partial charge in [0, 0.05) is 21.9 Å². The van der Waals surface area contributed by atoms with E-state index >= 15 is 0 Å². The fourth-order valence-corrected chi connectivity index (χ4v) is 5.55. The molecule has 0 aromatic carbocycles. The molecule has 24 heavy (non-hydrogen) atoms. The quantitative estimate of drug-likeness (QED) is 0.657. The van der Waals surface area contributed by atoms with Crippen molar-refractivity contribution in [3.63, 3.8) is 0 Å². The molecule has 3 aromatic rings. The Labute approximate surface area is 148 Å². The van der Waals surface area contributed by atoms with Crippen molar-refractivity contribution < 1.29 is 17.9 Å². The summed E-state index contributed by atoms with van der Waals surface area (Å²) in [7, 11) is -3.68. The number of thiophene rings is 2. The van der Waals surface area contributed by atoms with E-state index in [1.165, 1.54) is 35.2 Å². The molecule has 0 spiro atoms. The van der Waals surface area contributed by atoms with Gasteiger partial charge in [-0.15, -0.1) is 22.7 Å². The minimum atomic E-state index is -3.68. The van der Waals surface area contributed by atoms with E-state index in [4.69, 9.17) is 4.42 Å². The first-order valence-corrected chi connectivity index (χ1v) is 10.5. The third kappa shape index (κ3) is 3.33. The topological polar surface area (TPSA) is 79.5 Å². The van der Waals surface area contributed by atoms with Gasteiger partial charge in [-0.1, -0.05) is 13.0 Å². The van der Waals surface area contributed by atoms with Crippen LogP contribution in [0, 0.1) is 0 Å². The summed E-state index contributed by atoms with van der Waals surface area (Å²) in [5, 5.41) is 13.0. The average Bonchev–Trinajstić information content (AvgIpc) is 3.34. The van der Waals surface area contributed by atoms with E-state index in [9.17, 15) is 13.5 Å². The van der Waals surface area contributed by atoms with Gasteiger partial charge in [0.15, 0.2) is 0 Å². The third-order valence-electron chi connectivity index (χ3n) is 3.70. The first kappa shape index (κ1) is 17.4. The Kier molecular flexibility index (Phi) is 4.93. The predicted molar refractivity (Wildman–Crippen MR) is 94.9 cm³/mol. The number of nitrogens with one attached hydrogen (secondary N) is 1. The zero-order chi connectivity index (χ0) is 17.2. The molecular weight excluding hydrogens is 366 g/mol. The molecule has 0 bridgehead atoms. The van der Waals surface area contributed by atoms with E-state index in [2.05, 4.69) is 4.72 Å². The van der Waals surface area contributed by atoms with E-state index in [0.29, 0.717) is 10.4 Å². The lowest BCUT2D eigenvalue weighted by molar-refractivity contribution is 0.0892. The minimum Gasteiger partial charge on any atom is -0.472 e. The molecule has 0 aliphatic carbocycles. The van der Waals surface area contributed by atoms with Crippen LogP contribution in [0.25, 0.3) is 0 Å². The zero-order valence-corrected chi connectivity index (χ0v) is 15.4. The third-order valence-corrected chi connectivity index (χ3v) is 7.84. The number of sulfonamides is 1. The van der Waals surface area contributed by atoms with Crippen LogP contribution in [0.2, 0.25) is 0 Å². The molecule has 3 rings (SSSR count). The summed E-state index contributed by atoms with van der Waals surface area (Å²) in [6.45, 7) is 1.80. The van der Waals surface area contributed by atoms with Gasteiger partial charge in [0.2, 0.25) is 10.0 Å². The van der Waals surface area contributed by atoms with Crippen molar-refractivity contribution >= 4 is 32.7 Å². The summed E-state index contributed by atoms with van der Waals surface area (Å²) in [5.41, 5.74) is -0.966. The minimum absolute atomic E-state index is 0.172. The van der Waals surface area contributed by atoms with E-state index < -0.39 is 15.6 Å². The van der Waals surface area contributed by atoms with Crippen molar-refractivity contribution in [1.29, 1.82) is 0 Å². The fourth-order valence-electron chi connectivity index (χ4n) is 2.31. The van der Waals surface area contributed by atoms with Crippen molar-refractivity contribution in [1.82, 2.24) is 4.72 Å². The second kappa shape index (κ2) is 6.81. The number of hydrogen-bond acceptors (Lipinski definition) is 6. The van der Waals surface area contributed by atoms with E-state index in [-0.39, 0.29) is 10.8 Å². The Hall–Kier alpha value is -1.45. The molecule has 5 nitrogen and oxygen atoms in total. The monoisotopic (exact) mass is 383 g/mol. The SMILES string of the molecule is CCc1ccc(S(=O)(=O)NC[C@](O)(c2ccoc2)c2cccs2)s1. The second-order valence-corrected chi connectivity index (χ2v) is 9.36. The molecule has 0 saturated heterocycles. The van der Waals surface area contributed by atoms with Gasteiger partial charge >= 0.3 is 0 Å². The maximum atomic E-state index is 12.5. The number of aryl methyl sites for hydroxylation is 1. The lowest BCUT2D eigenvalue weighted by Gasteiger charge is -2.26. The molecule has 0 saturated carbocycles. The first-order chi connectivity index (χ1) is 11.5. The Morgan fingerprint density at radius 3 is 2.71 bits per heavy atom. The molecule has 8 heteroatoms. The van der Waals surface area contributed by atoms with E-state index in [0.717, 1.165) is 11.3 Å². The molecule has 3 aromatic heterocycles. The average molecular weight is 384 g/mol. The molecule has 2 N–H and O–H groups in total. The molecule has 3 heterocycles. The maximum Gasteiger partial charge on any atom is 0.250 e. The Morgan fingerprint density at radius 1 is 1.29 bits per heavy atom. The molecule has 0 aliphatic heterocycles. The smallest absolute Gasteiger partial charge is 0.250 e. The van der Waals surface area contributed by atoms with Crippen LogP contribution in [0.5, 0.6) is 0 Å². The van der Waals surface area contributed by atoms with Crippen molar-refractivity contribution in [2.24, 2.45) is 0 Å². The number of rotatable bonds is 7. The van der Waals surface area contributed by atoms with Crippen LogP contribution < -0.4 is 4.72 Å². The summed E-state index contributed by atoms with van der Waals surface area (Å²) in [6.07, 6.45) is 3.66. The highest BCUT2D eigenvalue weighted by Gasteiger charge is 2.35. The van der Waals surface area contributed by atoms with E-state index in [1.54, 1.807) is 24.3 Å². The summed E-state index contributed by atoms with van der Waals surface area (Å²) in [4.78, 5) is 1.64. The van der Waals surface area contributed by atoms with Gasteiger partial charge in [-0.25, -0.2) is 13.1 Å². The van der Waals surface area contributed by atoms with Crippen LogP contribution >= 0.6 is 22.7 Å². The van der Waals surface area contributed by atoms with Crippen LogP contribution in [0.4, 0.5) is 0 Å². The molecule has 0 unspecified atom stereocenters. The highest BCUT2D eigenvalue weighted by molar-refractivity contribution is 7.91. The van der Waals surface area contributed by atoms with Crippen molar-refractivity contribution in [3.8, 4) is 0 Å². The van der Waals surface area contributed by atoms with Gasteiger partial charge in [-0.3, -0.25) is 0 Å². The van der Waals surface area contributed by atoms with Crippen molar-refractivity contribution in [2.45, 2.75) is 23.2 Å². The predicted octanol–water partition coefficient (Wildman–Crippen LogP) is 3.18. The Bertz CT molecular complexity index is 846. The summed E-state index contributed by atoms with van der Waals surface area (Å²) >= 11 is 2.60. The van der Waals surface area contributed by atoms with Crippen LogP contribution in [0.1, 0.15) is 22.2 Å². The van der Waals surface area contributed by atoms with Crippen molar-refractivity contribution in [3.05, 3.63) is 63.6 Å². The van der Waals surface area contributed by atoms with Gasteiger partial charge in [0.05, 0.1) is 12.5 Å². The number of aliphatic hydroxyl groups is 1. The summed E-state index contributed by atoms with van der Waals surface area (Å²) in [6, 6.07) is 8.61. The van der Waals surface area contributed by atoms with Crippen molar-refractivity contribution in [2.75, 3.05) is 6.54 Å². The van der Waals surface area contributed by atoms with Crippen LogP contribution in [0.3, 0.4) is 0 Å². The molecule has 0 fully saturated rings. The molecule has 0 amide bonds. The first-order valence-electron chi connectivity index (χ1n) is 7.33. The van der Waals surface area contributed by atoms with Gasteiger partial charge in [0.25, 0.3) is 0 Å². The highest BCUT2D eigenvalue weighted by atomic mass is 32.2. The fraction of sp³-hybridized carbons (Fsp3) is 0.250. The van der Waals surface area contributed by atoms with Gasteiger partial charge in [-0.05, 0) is 36.1 Å². The van der Waals surface area contributed by atoms with E-state index in [1.807, 2.05) is 18.4 Å². The zero-order valence-electron chi connectivity index (χ0n) is 12.9. The molecule has 0 radical (unpaired) electrons. The highest BCUT2D eigenvalue weighted by Crippen LogP contribution is 2.33. The van der Waals surface area contributed by atoms with Gasteiger partial charge in [-0.2, -0.15) is 0 Å². The number of hydrogen-bond donors (Lipinski definition) is 2. The lowest BCUT2D eigenvalue weighted by Crippen LogP contribution is -2.40. The molecule has 1 atom stereocenters.